The summed E-state index contributed by atoms with van der Waals surface area (Å²) in [5.74, 6) is 1.93. The van der Waals surface area contributed by atoms with Gasteiger partial charge in [0.05, 0.1) is 0 Å². The third-order valence-electron chi connectivity index (χ3n) is 6.40. The lowest BCUT2D eigenvalue weighted by molar-refractivity contribution is 0.0943. The molecular formula is C23H33N3. The molecule has 0 spiro atoms. The normalized spacial score (nSPS) is 24.3. The molecule has 1 atom stereocenters. The Hall–Kier alpha value is -1.61. The summed E-state index contributed by atoms with van der Waals surface area (Å²) < 4.78 is 0. The van der Waals surface area contributed by atoms with Crippen molar-refractivity contribution < 1.29 is 0 Å². The molecule has 0 saturated carbocycles. The SMILES string of the molecule is CC(C)(C)C1CCCN(Cc2ccc(N3CC4=C(CCC=C4)C3)nc2)C1. The van der Waals surface area contributed by atoms with Crippen molar-refractivity contribution >= 4 is 5.82 Å². The topological polar surface area (TPSA) is 19.4 Å². The van der Waals surface area contributed by atoms with Crippen molar-refractivity contribution in [2.24, 2.45) is 11.3 Å². The van der Waals surface area contributed by atoms with E-state index in [1.807, 2.05) is 0 Å². The van der Waals surface area contributed by atoms with Crippen LogP contribution in [0.15, 0.2) is 41.6 Å². The summed E-state index contributed by atoms with van der Waals surface area (Å²) in [5.41, 5.74) is 4.89. The molecular weight excluding hydrogens is 318 g/mol. The number of piperidine rings is 1. The van der Waals surface area contributed by atoms with Gasteiger partial charge in [-0.1, -0.05) is 39.0 Å². The second-order valence-corrected chi connectivity index (χ2v) is 9.39. The van der Waals surface area contributed by atoms with Crippen LogP contribution in [0.1, 0.15) is 52.0 Å². The Morgan fingerprint density at radius 2 is 2.08 bits per heavy atom. The van der Waals surface area contributed by atoms with Crippen LogP contribution < -0.4 is 4.90 Å². The average molecular weight is 352 g/mol. The number of rotatable bonds is 3. The predicted octanol–water partition coefficient (Wildman–Crippen LogP) is 4.81. The molecule has 0 amide bonds. The van der Waals surface area contributed by atoms with Crippen LogP contribution in [0.3, 0.4) is 0 Å². The van der Waals surface area contributed by atoms with Crippen LogP contribution in [0.2, 0.25) is 0 Å². The third-order valence-corrected chi connectivity index (χ3v) is 6.40. The largest absolute Gasteiger partial charge is 0.348 e. The lowest BCUT2D eigenvalue weighted by atomic mass is 9.76. The molecule has 26 heavy (non-hydrogen) atoms. The van der Waals surface area contributed by atoms with Crippen LogP contribution in [-0.4, -0.2) is 36.1 Å². The number of allylic oxidation sites excluding steroid dienone is 1. The zero-order chi connectivity index (χ0) is 18.1. The third kappa shape index (κ3) is 3.88. The Bertz CT molecular complexity index is 693. The standard InChI is InChI=1S/C23H33N3/c1-23(2,3)21-9-6-12-25(17-21)14-18-10-11-22(24-13-18)26-15-19-7-4-5-8-20(19)16-26/h4,7,10-11,13,21H,5-6,8-9,12,14-17H2,1-3H3. The first-order valence-corrected chi connectivity index (χ1v) is 10.3. The van der Waals surface area contributed by atoms with Gasteiger partial charge in [0, 0.05) is 32.4 Å². The summed E-state index contributed by atoms with van der Waals surface area (Å²) >= 11 is 0. The molecule has 1 unspecified atom stereocenters. The Balaban J connectivity index is 1.36. The number of likely N-dealkylation sites (tertiary alicyclic amines) is 1. The van der Waals surface area contributed by atoms with Gasteiger partial charge >= 0.3 is 0 Å². The average Bonchev–Trinajstić information content (AvgIpc) is 3.06. The number of pyridine rings is 1. The van der Waals surface area contributed by atoms with Gasteiger partial charge in [0.15, 0.2) is 0 Å². The number of hydrogen-bond acceptors (Lipinski definition) is 3. The maximum atomic E-state index is 4.80. The van der Waals surface area contributed by atoms with E-state index in [1.54, 1.807) is 5.57 Å². The fourth-order valence-electron chi connectivity index (χ4n) is 4.62. The second kappa shape index (κ2) is 7.19. The smallest absolute Gasteiger partial charge is 0.129 e. The molecule has 140 valence electrons. The molecule has 1 aromatic heterocycles. The highest BCUT2D eigenvalue weighted by atomic mass is 15.2. The second-order valence-electron chi connectivity index (χ2n) is 9.39. The van der Waals surface area contributed by atoms with Gasteiger partial charge in [0.1, 0.15) is 5.82 Å². The van der Waals surface area contributed by atoms with Crippen molar-refractivity contribution in [3.63, 3.8) is 0 Å². The van der Waals surface area contributed by atoms with Crippen LogP contribution in [-0.2, 0) is 6.54 Å². The van der Waals surface area contributed by atoms with E-state index >= 15 is 0 Å². The van der Waals surface area contributed by atoms with Crippen LogP contribution in [0.25, 0.3) is 0 Å². The molecule has 0 bridgehead atoms. The molecule has 1 aromatic rings. The van der Waals surface area contributed by atoms with Crippen molar-refractivity contribution in [3.8, 4) is 0 Å². The Morgan fingerprint density at radius 1 is 1.19 bits per heavy atom. The Kier molecular flexibility index (Phi) is 4.92. The molecule has 1 saturated heterocycles. The molecule has 1 aliphatic carbocycles. The minimum Gasteiger partial charge on any atom is -0.348 e. The van der Waals surface area contributed by atoms with Gasteiger partial charge in [-0.3, -0.25) is 4.90 Å². The molecule has 3 nitrogen and oxygen atoms in total. The van der Waals surface area contributed by atoms with E-state index in [-0.39, 0.29) is 0 Å². The summed E-state index contributed by atoms with van der Waals surface area (Å²) in [6.45, 7) is 12.7. The lowest BCUT2D eigenvalue weighted by Crippen LogP contribution is -2.40. The van der Waals surface area contributed by atoms with Crippen LogP contribution in [0.4, 0.5) is 5.82 Å². The Labute approximate surface area is 158 Å². The first-order chi connectivity index (χ1) is 12.5. The molecule has 4 rings (SSSR count). The molecule has 0 aromatic carbocycles. The van der Waals surface area contributed by atoms with E-state index in [0.29, 0.717) is 5.41 Å². The zero-order valence-corrected chi connectivity index (χ0v) is 16.7. The van der Waals surface area contributed by atoms with Crippen LogP contribution in [0, 0.1) is 11.3 Å². The quantitative estimate of drug-likeness (QED) is 0.779. The van der Waals surface area contributed by atoms with Crippen molar-refractivity contribution in [3.05, 3.63) is 47.2 Å². The van der Waals surface area contributed by atoms with Gasteiger partial charge in [-0.05, 0) is 66.3 Å². The highest BCUT2D eigenvalue weighted by Gasteiger charge is 2.29. The number of anilines is 1. The molecule has 0 N–H and O–H groups in total. The van der Waals surface area contributed by atoms with Crippen molar-refractivity contribution in [1.29, 1.82) is 0 Å². The minimum absolute atomic E-state index is 0.414. The van der Waals surface area contributed by atoms with E-state index in [2.05, 4.69) is 61.1 Å². The predicted molar refractivity (Wildman–Crippen MR) is 109 cm³/mol. The zero-order valence-electron chi connectivity index (χ0n) is 16.7. The van der Waals surface area contributed by atoms with Gasteiger partial charge in [0.25, 0.3) is 0 Å². The van der Waals surface area contributed by atoms with Gasteiger partial charge in [-0.25, -0.2) is 4.98 Å². The number of nitrogens with zero attached hydrogens (tertiary/aromatic N) is 3. The van der Waals surface area contributed by atoms with Gasteiger partial charge in [-0.15, -0.1) is 0 Å². The molecule has 1 fully saturated rings. The highest BCUT2D eigenvalue weighted by molar-refractivity contribution is 5.51. The summed E-state index contributed by atoms with van der Waals surface area (Å²) in [4.78, 5) is 9.84. The first-order valence-electron chi connectivity index (χ1n) is 10.3. The molecule has 2 aliphatic heterocycles. The fraction of sp³-hybridized carbons (Fsp3) is 0.609. The lowest BCUT2D eigenvalue weighted by Gasteiger charge is -2.39. The minimum atomic E-state index is 0.414. The summed E-state index contributed by atoms with van der Waals surface area (Å²) in [6.07, 6.45) is 11.8. The number of hydrogen-bond donors (Lipinski definition) is 0. The van der Waals surface area contributed by atoms with E-state index < -0.39 is 0 Å². The van der Waals surface area contributed by atoms with Crippen molar-refractivity contribution in [2.45, 2.75) is 53.0 Å². The van der Waals surface area contributed by atoms with Crippen molar-refractivity contribution in [2.75, 3.05) is 31.1 Å². The Morgan fingerprint density at radius 3 is 2.81 bits per heavy atom. The van der Waals surface area contributed by atoms with Gasteiger partial charge < -0.3 is 4.90 Å². The monoisotopic (exact) mass is 351 g/mol. The first kappa shape index (κ1) is 17.8. The van der Waals surface area contributed by atoms with Gasteiger partial charge in [0.2, 0.25) is 0 Å². The fourth-order valence-corrected chi connectivity index (χ4v) is 4.62. The van der Waals surface area contributed by atoms with Crippen molar-refractivity contribution in [1.82, 2.24) is 9.88 Å². The maximum absolute atomic E-state index is 4.80. The highest BCUT2D eigenvalue weighted by Crippen LogP contribution is 2.34. The molecule has 3 heterocycles. The van der Waals surface area contributed by atoms with E-state index in [9.17, 15) is 0 Å². The summed E-state index contributed by atoms with van der Waals surface area (Å²) in [5, 5.41) is 0. The number of aromatic nitrogens is 1. The molecule has 3 aliphatic rings. The summed E-state index contributed by atoms with van der Waals surface area (Å²) in [6, 6.07) is 4.51. The van der Waals surface area contributed by atoms with E-state index in [4.69, 9.17) is 4.98 Å². The molecule has 0 radical (unpaired) electrons. The molecule has 3 heteroatoms. The van der Waals surface area contributed by atoms with E-state index in [1.165, 1.54) is 49.9 Å². The van der Waals surface area contributed by atoms with Gasteiger partial charge in [-0.2, -0.15) is 0 Å². The summed E-state index contributed by atoms with van der Waals surface area (Å²) in [7, 11) is 0. The maximum Gasteiger partial charge on any atom is 0.129 e. The van der Waals surface area contributed by atoms with Crippen LogP contribution in [0.5, 0.6) is 0 Å². The van der Waals surface area contributed by atoms with Crippen LogP contribution >= 0.6 is 0 Å². The van der Waals surface area contributed by atoms with E-state index in [0.717, 1.165) is 31.4 Å².